The average Bonchev–Trinajstić information content (AvgIpc) is 2.95. The molecule has 5 nitrogen and oxygen atoms in total. The van der Waals surface area contributed by atoms with E-state index in [9.17, 15) is 18.4 Å². The maximum absolute atomic E-state index is 14.4. The number of hydrogen-bond acceptors (Lipinski definition) is 4. The minimum Gasteiger partial charge on any atom is -0.489 e. The highest BCUT2D eigenvalue weighted by molar-refractivity contribution is 6.31. The first-order valence-corrected chi connectivity index (χ1v) is 8.23. The molecule has 3 rings (SSSR count). The summed E-state index contributed by atoms with van der Waals surface area (Å²) < 4.78 is 33.5. The van der Waals surface area contributed by atoms with E-state index in [1.165, 1.54) is 6.07 Å². The van der Waals surface area contributed by atoms with Crippen LogP contribution in [-0.2, 0) is 10.2 Å². The fourth-order valence-corrected chi connectivity index (χ4v) is 2.96. The van der Waals surface area contributed by atoms with Crippen LogP contribution >= 0.6 is 11.6 Å². The van der Waals surface area contributed by atoms with Gasteiger partial charge >= 0.3 is 0 Å². The Morgan fingerprint density at radius 3 is 2.62 bits per heavy atom. The van der Waals surface area contributed by atoms with Crippen LogP contribution in [0.2, 0.25) is 5.02 Å². The number of aromatic nitrogens is 1. The number of fused-ring (bicyclic) bond motifs is 1. The topological polar surface area (TPSA) is 82.3 Å². The van der Waals surface area contributed by atoms with Crippen molar-refractivity contribution in [2.45, 2.75) is 25.7 Å². The summed E-state index contributed by atoms with van der Waals surface area (Å²) in [6.45, 7) is 3.14. The Bertz CT molecular complexity index is 949. The van der Waals surface area contributed by atoms with Gasteiger partial charge in [-0.2, -0.15) is 0 Å². The zero-order valence-electron chi connectivity index (χ0n) is 14.0. The molecule has 0 fully saturated rings. The molecule has 0 unspecified atom stereocenters. The Labute approximate surface area is 153 Å². The molecule has 136 valence electrons. The van der Waals surface area contributed by atoms with Gasteiger partial charge in [0.1, 0.15) is 40.8 Å². The van der Waals surface area contributed by atoms with Crippen molar-refractivity contribution in [1.82, 2.24) is 4.98 Å². The number of pyridine rings is 1. The first-order valence-electron chi connectivity index (χ1n) is 7.85. The number of benzene rings is 1. The van der Waals surface area contributed by atoms with Gasteiger partial charge in [0.2, 0.25) is 5.91 Å². The summed E-state index contributed by atoms with van der Waals surface area (Å²) in [7, 11) is 0. The van der Waals surface area contributed by atoms with Gasteiger partial charge in [-0.05, 0) is 19.1 Å². The zero-order valence-corrected chi connectivity index (χ0v) is 14.8. The smallest absolute Gasteiger partial charge is 0.231 e. The number of primary amides is 1. The third kappa shape index (κ3) is 2.72. The van der Waals surface area contributed by atoms with Crippen molar-refractivity contribution in [3.8, 4) is 17.0 Å². The van der Waals surface area contributed by atoms with Gasteiger partial charge < -0.3 is 10.5 Å². The van der Waals surface area contributed by atoms with Crippen LogP contribution in [0.25, 0.3) is 11.3 Å². The fourth-order valence-electron chi connectivity index (χ4n) is 2.80. The van der Waals surface area contributed by atoms with Gasteiger partial charge in [-0.25, -0.2) is 13.8 Å². The molecule has 26 heavy (non-hydrogen) atoms. The number of hydrogen-bond donors (Lipinski definition) is 1. The van der Waals surface area contributed by atoms with Gasteiger partial charge in [-0.15, -0.1) is 0 Å². The maximum Gasteiger partial charge on any atom is 0.231 e. The molecule has 1 aliphatic rings. The molecule has 2 aromatic rings. The van der Waals surface area contributed by atoms with E-state index in [1.54, 1.807) is 13.8 Å². The Hall–Kier alpha value is -2.54. The lowest BCUT2D eigenvalue weighted by Crippen LogP contribution is -2.39. The lowest BCUT2D eigenvalue weighted by atomic mass is 9.83. The van der Waals surface area contributed by atoms with Crippen LogP contribution in [0.4, 0.5) is 8.78 Å². The van der Waals surface area contributed by atoms with Crippen molar-refractivity contribution in [3.05, 3.63) is 46.1 Å². The zero-order chi connectivity index (χ0) is 19.2. The van der Waals surface area contributed by atoms with Crippen LogP contribution in [0, 0.1) is 11.6 Å². The molecular formula is C18H15ClF2N2O3. The Balaban J connectivity index is 2.34. The highest BCUT2D eigenvalue weighted by Crippen LogP contribution is 2.45. The van der Waals surface area contributed by atoms with Crippen molar-refractivity contribution in [2.75, 3.05) is 6.61 Å². The molecule has 2 heterocycles. The fraction of sp³-hybridized carbons (Fsp3) is 0.278. The van der Waals surface area contributed by atoms with E-state index < -0.39 is 23.0 Å². The first-order chi connectivity index (χ1) is 12.2. The maximum atomic E-state index is 14.4. The number of rotatable bonds is 4. The van der Waals surface area contributed by atoms with Gasteiger partial charge in [0.25, 0.3) is 0 Å². The van der Waals surface area contributed by atoms with E-state index in [0.717, 1.165) is 6.07 Å². The molecule has 0 aliphatic carbocycles. The second-order valence-electron chi connectivity index (χ2n) is 6.24. The molecule has 0 saturated heterocycles. The second kappa shape index (κ2) is 6.32. The molecular weight excluding hydrogens is 366 g/mol. The SMILES string of the molecule is CCC(=O)c1cc2c(c(-c3cc(Cl)c(F)cc3F)n1)OC[C@]2(C)C(N)=O. The second-order valence-corrected chi connectivity index (χ2v) is 6.65. The quantitative estimate of drug-likeness (QED) is 0.651. The van der Waals surface area contributed by atoms with Gasteiger partial charge in [-0.1, -0.05) is 18.5 Å². The summed E-state index contributed by atoms with van der Waals surface area (Å²) in [4.78, 5) is 28.3. The number of ketones is 1. The minimum atomic E-state index is -1.20. The van der Waals surface area contributed by atoms with E-state index in [1.807, 2.05) is 0 Å². The van der Waals surface area contributed by atoms with E-state index in [2.05, 4.69) is 4.98 Å². The van der Waals surface area contributed by atoms with Gasteiger partial charge in [0.15, 0.2) is 5.78 Å². The van der Waals surface area contributed by atoms with Gasteiger partial charge in [0.05, 0.1) is 5.02 Å². The number of ether oxygens (including phenoxy) is 1. The van der Waals surface area contributed by atoms with E-state index in [0.29, 0.717) is 11.6 Å². The van der Waals surface area contributed by atoms with E-state index in [4.69, 9.17) is 22.1 Å². The van der Waals surface area contributed by atoms with Crippen LogP contribution in [0.3, 0.4) is 0 Å². The molecule has 1 amide bonds. The summed E-state index contributed by atoms with van der Waals surface area (Å²) in [6, 6.07) is 3.13. The normalized spacial score (nSPS) is 18.3. The Kier molecular flexibility index (Phi) is 4.44. The summed E-state index contributed by atoms with van der Waals surface area (Å²) in [5.41, 5.74) is 4.52. The van der Waals surface area contributed by atoms with Crippen molar-refractivity contribution in [3.63, 3.8) is 0 Å². The number of carbonyl (C=O) groups excluding carboxylic acids is 2. The van der Waals surface area contributed by atoms with Crippen molar-refractivity contribution in [1.29, 1.82) is 0 Å². The molecule has 2 N–H and O–H groups in total. The van der Waals surface area contributed by atoms with E-state index in [-0.39, 0.29) is 46.5 Å². The summed E-state index contributed by atoms with van der Waals surface area (Å²) in [5, 5.41) is -0.306. The summed E-state index contributed by atoms with van der Waals surface area (Å²) in [6.07, 6.45) is 0.159. The largest absolute Gasteiger partial charge is 0.489 e. The van der Waals surface area contributed by atoms with Crippen LogP contribution in [0.5, 0.6) is 5.75 Å². The lowest BCUT2D eigenvalue weighted by molar-refractivity contribution is -0.123. The monoisotopic (exact) mass is 380 g/mol. The number of halogens is 3. The predicted octanol–water partition coefficient (Wildman–Crippen LogP) is 3.41. The van der Waals surface area contributed by atoms with Gasteiger partial charge in [0, 0.05) is 23.6 Å². The van der Waals surface area contributed by atoms with Crippen molar-refractivity contribution in [2.24, 2.45) is 5.73 Å². The van der Waals surface area contributed by atoms with E-state index >= 15 is 0 Å². The number of Topliss-reactive ketones (excluding diaryl/α,β-unsaturated/α-hetero) is 1. The van der Waals surface area contributed by atoms with Crippen LogP contribution in [-0.4, -0.2) is 23.3 Å². The molecule has 1 aromatic carbocycles. The molecule has 0 bridgehead atoms. The Morgan fingerprint density at radius 2 is 2.00 bits per heavy atom. The standard InChI is InChI=1S/C18H15ClF2N2O3/c1-3-14(24)13-5-9-16(26-7-18(9,2)17(22)25)15(23-13)8-4-10(19)12(21)6-11(8)20/h4-6H,3,7H2,1-2H3,(H2,22,25)/t18-/m0/s1. The highest BCUT2D eigenvalue weighted by atomic mass is 35.5. The number of nitrogens with two attached hydrogens (primary N) is 1. The number of nitrogens with zero attached hydrogens (tertiary/aromatic N) is 1. The lowest BCUT2D eigenvalue weighted by Gasteiger charge is -2.18. The molecule has 0 spiro atoms. The minimum absolute atomic E-state index is 0.0244. The molecule has 0 saturated carbocycles. The van der Waals surface area contributed by atoms with Gasteiger partial charge in [-0.3, -0.25) is 9.59 Å². The third-order valence-corrected chi connectivity index (χ3v) is 4.78. The molecule has 0 radical (unpaired) electrons. The number of carbonyl (C=O) groups is 2. The molecule has 1 aromatic heterocycles. The van der Waals surface area contributed by atoms with Crippen LogP contribution in [0.1, 0.15) is 36.3 Å². The third-order valence-electron chi connectivity index (χ3n) is 4.49. The first kappa shape index (κ1) is 18.3. The molecule has 1 aliphatic heterocycles. The molecule has 8 heteroatoms. The summed E-state index contributed by atoms with van der Waals surface area (Å²) in [5.74, 6) is -2.67. The Morgan fingerprint density at radius 1 is 1.31 bits per heavy atom. The molecule has 1 atom stereocenters. The summed E-state index contributed by atoms with van der Waals surface area (Å²) >= 11 is 5.77. The predicted molar refractivity (Wildman–Crippen MR) is 91.3 cm³/mol. The van der Waals surface area contributed by atoms with Crippen LogP contribution in [0.15, 0.2) is 18.2 Å². The van der Waals surface area contributed by atoms with Crippen molar-refractivity contribution < 1.29 is 23.1 Å². The van der Waals surface area contributed by atoms with Crippen molar-refractivity contribution >= 4 is 23.3 Å². The average molecular weight is 381 g/mol. The van der Waals surface area contributed by atoms with Crippen LogP contribution < -0.4 is 10.5 Å². The number of amides is 1. The highest BCUT2D eigenvalue weighted by Gasteiger charge is 2.44.